The minimum absolute atomic E-state index is 0.277. The first-order valence-corrected chi connectivity index (χ1v) is 3.60. The lowest BCUT2D eigenvalue weighted by Crippen LogP contribution is -2.57. The van der Waals surface area contributed by atoms with E-state index in [4.69, 9.17) is 9.84 Å². The van der Waals surface area contributed by atoms with Crippen molar-refractivity contribution in [3.63, 3.8) is 0 Å². The molecule has 0 aromatic carbocycles. The maximum atomic E-state index is 10.8. The van der Waals surface area contributed by atoms with E-state index in [1.54, 1.807) is 18.9 Å². The van der Waals surface area contributed by atoms with E-state index in [0.29, 0.717) is 13.2 Å². The van der Waals surface area contributed by atoms with E-state index in [1.807, 2.05) is 0 Å². The third kappa shape index (κ3) is 1.36. The molecule has 0 aliphatic carbocycles. The highest BCUT2D eigenvalue weighted by molar-refractivity contribution is 5.78. The molecule has 0 aromatic rings. The van der Waals surface area contributed by atoms with Gasteiger partial charge in [-0.05, 0) is 14.0 Å². The summed E-state index contributed by atoms with van der Waals surface area (Å²) >= 11 is 0. The second-order valence-electron chi connectivity index (χ2n) is 3.05. The van der Waals surface area contributed by atoms with Crippen LogP contribution in [-0.2, 0) is 9.53 Å². The first-order valence-electron chi connectivity index (χ1n) is 3.60. The zero-order valence-corrected chi connectivity index (χ0v) is 6.83. The Morgan fingerprint density at radius 2 is 2.36 bits per heavy atom. The third-order valence-electron chi connectivity index (χ3n) is 2.26. The number of carboxylic acid groups (broad SMARTS) is 1. The van der Waals surface area contributed by atoms with Crippen LogP contribution in [0.15, 0.2) is 0 Å². The number of nitrogens with zero attached hydrogens (tertiary/aromatic N) is 1. The van der Waals surface area contributed by atoms with Crippen LogP contribution in [0.3, 0.4) is 0 Å². The molecule has 4 nitrogen and oxygen atoms in total. The molecule has 1 heterocycles. The summed E-state index contributed by atoms with van der Waals surface area (Å²) in [5.41, 5.74) is -0.835. The largest absolute Gasteiger partial charge is 0.480 e. The Morgan fingerprint density at radius 3 is 2.73 bits per heavy atom. The van der Waals surface area contributed by atoms with Crippen LogP contribution in [0.5, 0.6) is 0 Å². The number of likely N-dealkylation sites (N-methyl/N-ethyl adjacent to an activating group) is 1. The molecule has 0 spiro atoms. The van der Waals surface area contributed by atoms with Crippen molar-refractivity contribution in [2.75, 3.05) is 26.8 Å². The highest BCUT2D eigenvalue weighted by Gasteiger charge is 2.39. The standard InChI is InChI=1S/C7H13NO3/c1-7(6(9)10)5-11-4-3-8(7)2/h3-5H2,1-2H3,(H,9,10). The number of carboxylic acids is 1. The molecule has 4 heteroatoms. The molecule has 1 unspecified atom stereocenters. The van der Waals surface area contributed by atoms with E-state index < -0.39 is 11.5 Å². The summed E-state index contributed by atoms with van der Waals surface area (Å²) in [4.78, 5) is 12.6. The van der Waals surface area contributed by atoms with Gasteiger partial charge >= 0.3 is 5.97 Å². The van der Waals surface area contributed by atoms with E-state index >= 15 is 0 Å². The molecule has 64 valence electrons. The van der Waals surface area contributed by atoms with Crippen LogP contribution in [0.4, 0.5) is 0 Å². The lowest BCUT2D eigenvalue weighted by atomic mass is 10.0. The van der Waals surface area contributed by atoms with Gasteiger partial charge in [0.2, 0.25) is 0 Å². The minimum atomic E-state index is -0.835. The summed E-state index contributed by atoms with van der Waals surface area (Å²) in [5.74, 6) is -0.820. The molecule has 1 aliphatic heterocycles. The Bertz CT molecular complexity index is 171. The predicted molar refractivity (Wildman–Crippen MR) is 39.5 cm³/mol. The number of carbonyl (C=O) groups is 1. The molecule has 0 amide bonds. The lowest BCUT2D eigenvalue weighted by Gasteiger charge is -2.38. The number of ether oxygens (including phenoxy) is 1. The summed E-state index contributed by atoms with van der Waals surface area (Å²) in [6.07, 6.45) is 0. The van der Waals surface area contributed by atoms with E-state index in [-0.39, 0.29) is 6.61 Å². The van der Waals surface area contributed by atoms with Gasteiger partial charge in [0.15, 0.2) is 0 Å². The number of rotatable bonds is 1. The van der Waals surface area contributed by atoms with Gasteiger partial charge in [0.05, 0.1) is 13.2 Å². The molecule has 0 bridgehead atoms. The summed E-state index contributed by atoms with van der Waals surface area (Å²) in [6.45, 7) is 3.26. The molecular formula is C7H13NO3. The van der Waals surface area contributed by atoms with Crippen molar-refractivity contribution >= 4 is 5.97 Å². The fraction of sp³-hybridized carbons (Fsp3) is 0.857. The zero-order chi connectivity index (χ0) is 8.48. The Balaban J connectivity index is 2.72. The van der Waals surface area contributed by atoms with Crippen LogP contribution in [0, 0.1) is 0 Å². The lowest BCUT2D eigenvalue weighted by molar-refractivity contribution is -0.159. The van der Waals surface area contributed by atoms with Crippen LogP contribution < -0.4 is 0 Å². The van der Waals surface area contributed by atoms with Crippen molar-refractivity contribution in [3.8, 4) is 0 Å². The van der Waals surface area contributed by atoms with Crippen molar-refractivity contribution in [2.45, 2.75) is 12.5 Å². The highest BCUT2D eigenvalue weighted by Crippen LogP contribution is 2.17. The molecule has 0 saturated carbocycles. The van der Waals surface area contributed by atoms with Crippen LogP contribution in [0.1, 0.15) is 6.92 Å². The summed E-state index contributed by atoms with van der Waals surface area (Å²) in [6, 6.07) is 0. The number of aliphatic carboxylic acids is 1. The average Bonchev–Trinajstić information content (AvgIpc) is 1.95. The molecule has 1 saturated heterocycles. The Morgan fingerprint density at radius 1 is 1.73 bits per heavy atom. The number of hydrogen-bond acceptors (Lipinski definition) is 3. The van der Waals surface area contributed by atoms with Crippen LogP contribution in [-0.4, -0.2) is 48.3 Å². The Hall–Kier alpha value is -0.610. The third-order valence-corrected chi connectivity index (χ3v) is 2.26. The van der Waals surface area contributed by atoms with E-state index in [9.17, 15) is 4.79 Å². The van der Waals surface area contributed by atoms with Crippen molar-refractivity contribution in [3.05, 3.63) is 0 Å². The summed E-state index contributed by atoms with van der Waals surface area (Å²) in [7, 11) is 1.80. The first kappa shape index (κ1) is 8.49. The molecule has 0 radical (unpaired) electrons. The number of morpholine rings is 1. The van der Waals surface area contributed by atoms with Gasteiger partial charge in [-0.15, -0.1) is 0 Å². The van der Waals surface area contributed by atoms with Gasteiger partial charge in [-0.25, -0.2) is 0 Å². The fourth-order valence-corrected chi connectivity index (χ4v) is 1.05. The molecule has 1 rings (SSSR count). The zero-order valence-electron chi connectivity index (χ0n) is 6.83. The highest BCUT2D eigenvalue weighted by atomic mass is 16.5. The summed E-state index contributed by atoms with van der Waals surface area (Å²) < 4.78 is 5.09. The van der Waals surface area contributed by atoms with Gasteiger partial charge in [-0.1, -0.05) is 0 Å². The van der Waals surface area contributed by atoms with Crippen LogP contribution in [0.2, 0.25) is 0 Å². The second-order valence-corrected chi connectivity index (χ2v) is 3.05. The second kappa shape index (κ2) is 2.79. The maximum absolute atomic E-state index is 10.8. The normalized spacial score (nSPS) is 33.6. The molecule has 1 fully saturated rings. The molecular weight excluding hydrogens is 146 g/mol. The predicted octanol–water partition coefficient (Wildman–Crippen LogP) is -0.208. The molecule has 1 atom stereocenters. The Kier molecular flexibility index (Phi) is 2.15. The van der Waals surface area contributed by atoms with Gasteiger partial charge in [0.1, 0.15) is 5.54 Å². The van der Waals surface area contributed by atoms with E-state index in [0.717, 1.165) is 0 Å². The van der Waals surface area contributed by atoms with E-state index in [2.05, 4.69) is 0 Å². The van der Waals surface area contributed by atoms with Gasteiger partial charge in [0.25, 0.3) is 0 Å². The smallest absolute Gasteiger partial charge is 0.326 e. The quantitative estimate of drug-likeness (QED) is 0.575. The maximum Gasteiger partial charge on any atom is 0.326 e. The van der Waals surface area contributed by atoms with Crippen LogP contribution in [0.25, 0.3) is 0 Å². The summed E-state index contributed by atoms with van der Waals surface area (Å²) in [5, 5.41) is 8.85. The van der Waals surface area contributed by atoms with Gasteiger partial charge < -0.3 is 9.84 Å². The topological polar surface area (TPSA) is 49.8 Å². The molecule has 1 aliphatic rings. The Labute approximate surface area is 65.8 Å². The first-order chi connectivity index (χ1) is 5.07. The van der Waals surface area contributed by atoms with Crippen LogP contribution >= 0.6 is 0 Å². The minimum Gasteiger partial charge on any atom is -0.480 e. The van der Waals surface area contributed by atoms with E-state index in [1.165, 1.54) is 0 Å². The fourth-order valence-electron chi connectivity index (χ4n) is 1.05. The van der Waals surface area contributed by atoms with Gasteiger partial charge in [-0.2, -0.15) is 0 Å². The van der Waals surface area contributed by atoms with Crippen molar-refractivity contribution in [2.24, 2.45) is 0 Å². The monoisotopic (exact) mass is 159 g/mol. The molecule has 0 aromatic heterocycles. The SMILES string of the molecule is CN1CCOCC1(C)C(=O)O. The van der Waals surface area contributed by atoms with Crippen molar-refractivity contribution in [1.29, 1.82) is 0 Å². The van der Waals surface area contributed by atoms with Crippen molar-refractivity contribution in [1.82, 2.24) is 4.90 Å². The number of hydrogen-bond donors (Lipinski definition) is 1. The van der Waals surface area contributed by atoms with Crippen molar-refractivity contribution < 1.29 is 14.6 Å². The van der Waals surface area contributed by atoms with Gasteiger partial charge in [0, 0.05) is 6.54 Å². The van der Waals surface area contributed by atoms with Gasteiger partial charge in [-0.3, -0.25) is 9.69 Å². The average molecular weight is 159 g/mol. The molecule has 11 heavy (non-hydrogen) atoms. The molecule has 1 N–H and O–H groups in total.